The summed E-state index contributed by atoms with van der Waals surface area (Å²) < 4.78 is 5.18. The first-order valence-electron chi connectivity index (χ1n) is 7.20. The Balaban J connectivity index is 2.21. The van der Waals surface area contributed by atoms with Gasteiger partial charge in [-0.1, -0.05) is 12.1 Å². The van der Waals surface area contributed by atoms with Crippen molar-refractivity contribution in [3.8, 4) is 5.75 Å². The number of ketones is 1. The molecule has 1 saturated carbocycles. The first-order valence-corrected chi connectivity index (χ1v) is 7.20. The molecule has 0 heterocycles. The molecule has 0 aromatic heterocycles. The number of aldehydes is 1. The van der Waals surface area contributed by atoms with E-state index in [0.717, 1.165) is 37.7 Å². The first-order chi connectivity index (χ1) is 9.61. The number of rotatable bonds is 5. The summed E-state index contributed by atoms with van der Waals surface area (Å²) in [5.74, 6) is 1.28. The summed E-state index contributed by atoms with van der Waals surface area (Å²) >= 11 is 0. The van der Waals surface area contributed by atoms with Crippen LogP contribution in [0.2, 0.25) is 0 Å². The summed E-state index contributed by atoms with van der Waals surface area (Å²) in [7, 11) is 1.65. The molecule has 1 aromatic rings. The van der Waals surface area contributed by atoms with Gasteiger partial charge in [0.2, 0.25) is 0 Å². The predicted molar refractivity (Wildman–Crippen MR) is 78.0 cm³/mol. The van der Waals surface area contributed by atoms with Crippen molar-refractivity contribution in [2.75, 3.05) is 7.11 Å². The maximum atomic E-state index is 11.5. The predicted octanol–water partition coefficient (Wildman–Crippen LogP) is 3.30. The zero-order chi connectivity index (χ0) is 14.6. The molecule has 2 rings (SSSR count). The Hall–Kier alpha value is -1.64. The van der Waals surface area contributed by atoms with Gasteiger partial charge in [-0.3, -0.25) is 4.79 Å². The van der Waals surface area contributed by atoms with Crippen LogP contribution in [0.25, 0.3) is 0 Å². The molecular formula is C17H22O3. The van der Waals surface area contributed by atoms with Gasteiger partial charge in [-0.25, -0.2) is 0 Å². The normalized spacial score (nSPS) is 26.0. The fourth-order valence-corrected chi connectivity index (χ4v) is 3.29. The van der Waals surface area contributed by atoms with Gasteiger partial charge in [0.25, 0.3) is 0 Å². The highest BCUT2D eigenvalue weighted by molar-refractivity contribution is 5.78. The Morgan fingerprint density at radius 2 is 1.90 bits per heavy atom. The van der Waals surface area contributed by atoms with Crippen LogP contribution in [0.1, 0.15) is 44.6 Å². The van der Waals surface area contributed by atoms with Crippen LogP contribution in [0, 0.1) is 5.92 Å². The van der Waals surface area contributed by atoms with Crippen LogP contribution in [0.3, 0.4) is 0 Å². The van der Waals surface area contributed by atoms with Crippen LogP contribution in [-0.4, -0.2) is 19.2 Å². The molecule has 0 unspecified atom stereocenters. The molecule has 0 aliphatic heterocycles. The van der Waals surface area contributed by atoms with Crippen molar-refractivity contribution < 1.29 is 14.3 Å². The second kappa shape index (κ2) is 6.21. The van der Waals surface area contributed by atoms with Crippen LogP contribution in [0.5, 0.6) is 5.75 Å². The smallest absolute Gasteiger partial charge is 0.132 e. The van der Waals surface area contributed by atoms with Gasteiger partial charge >= 0.3 is 0 Å². The fourth-order valence-electron chi connectivity index (χ4n) is 3.29. The number of methoxy groups -OCH3 is 1. The van der Waals surface area contributed by atoms with E-state index in [-0.39, 0.29) is 17.1 Å². The van der Waals surface area contributed by atoms with E-state index in [1.165, 1.54) is 5.56 Å². The number of Topliss-reactive ketones (excluding diaryl/α,β-unsaturated/α-hetero) is 1. The Labute approximate surface area is 120 Å². The highest BCUT2D eigenvalue weighted by atomic mass is 16.5. The van der Waals surface area contributed by atoms with Crippen molar-refractivity contribution >= 4 is 12.1 Å². The molecule has 0 N–H and O–H groups in total. The van der Waals surface area contributed by atoms with Crippen LogP contribution in [0.4, 0.5) is 0 Å². The van der Waals surface area contributed by atoms with Crippen molar-refractivity contribution in [1.29, 1.82) is 0 Å². The number of hydrogen-bond acceptors (Lipinski definition) is 3. The maximum absolute atomic E-state index is 11.5. The minimum absolute atomic E-state index is 0.0973. The van der Waals surface area contributed by atoms with Crippen LogP contribution >= 0.6 is 0 Å². The third kappa shape index (κ3) is 2.92. The van der Waals surface area contributed by atoms with Gasteiger partial charge in [0.05, 0.1) is 7.11 Å². The number of benzene rings is 1. The largest absolute Gasteiger partial charge is 0.497 e. The molecule has 0 amide bonds. The lowest BCUT2D eigenvalue weighted by atomic mass is 9.64. The minimum atomic E-state index is -0.0973. The van der Waals surface area contributed by atoms with E-state index in [0.29, 0.717) is 6.42 Å². The highest BCUT2D eigenvalue weighted by Gasteiger charge is 2.37. The van der Waals surface area contributed by atoms with Crippen molar-refractivity contribution in [3.63, 3.8) is 0 Å². The lowest BCUT2D eigenvalue weighted by molar-refractivity contribution is -0.122. The van der Waals surface area contributed by atoms with Gasteiger partial charge in [0.15, 0.2) is 0 Å². The van der Waals surface area contributed by atoms with Crippen molar-refractivity contribution in [2.45, 2.75) is 44.4 Å². The van der Waals surface area contributed by atoms with Crippen LogP contribution in [-0.2, 0) is 15.0 Å². The molecule has 108 valence electrons. The Morgan fingerprint density at radius 3 is 2.35 bits per heavy atom. The average molecular weight is 274 g/mol. The van der Waals surface area contributed by atoms with Gasteiger partial charge in [0, 0.05) is 17.8 Å². The lowest BCUT2D eigenvalue weighted by Crippen LogP contribution is -2.34. The number of hydrogen-bond donors (Lipinski definition) is 0. The monoisotopic (exact) mass is 274 g/mol. The second-order valence-electron chi connectivity index (χ2n) is 5.76. The molecule has 3 heteroatoms. The minimum Gasteiger partial charge on any atom is -0.497 e. The Bertz CT molecular complexity index is 468. The first kappa shape index (κ1) is 14.8. The average Bonchev–Trinajstić information content (AvgIpc) is 2.48. The molecule has 1 aliphatic carbocycles. The molecule has 20 heavy (non-hydrogen) atoms. The van der Waals surface area contributed by atoms with E-state index >= 15 is 0 Å². The van der Waals surface area contributed by atoms with Crippen LogP contribution < -0.4 is 4.74 Å². The summed E-state index contributed by atoms with van der Waals surface area (Å²) in [5.41, 5.74) is 1.09. The second-order valence-corrected chi connectivity index (χ2v) is 5.76. The van der Waals surface area contributed by atoms with Gasteiger partial charge in [-0.2, -0.15) is 0 Å². The molecule has 0 atom stereocenters. The lowest BCUT2D eigenvalue weighted by Gasteiger charge is -2.39. The maximum Gasteiger partial charge on any atom is 0.132 e. The fraction of sp³-hybridized carbons (Fsp3) is 0.529. The molecule has 3 nitrogen and oxygen atoms in total. The van der Waals surface area contributed by atoms with E-state index in [1.807, 2.05) is 12.1 Å². The summed E-state index contributed by atoms with van der Waals surface area (Å²) in [6, 6.07) is 7.99. The Morgan fingerprint density at radius 1 is 1.30 bits per heavy atom. The summed E-state index contributed by atoms with van der Waals surface area (Å²) in [5, 5.41) is 0. The summed E-state index contributed by atoms with van der Waals surface area (Å²) in [6.07, 6.45) is 5.12. The molecule has 1 aliphatic rings. The molecule has 0 bridgehead atoms. The molecule has 1 fully saturated rings. The van der Waals surface area contributed by atoms with E-state index in [2.05, 4.69) is 12.1 Å². The zero-order valence-corrected chi connectivity index (χ0v) is 12.2. The number of carbonyl (C=O) groups is 2. The quantitative estimate of drug-likeness (QED) is 0.774. The van der Waals surface area contributed by atoms with Gasteiger partial charge in [-0.15, -0.1) is 0 Å². The molecule has 0 saturated heterocycles. The molecular weight excluding hydrogens is 252 g/mol. The van der Waals surface area contributed by atoms with E-state index < -0.39 is 0 Å². The van der Waals surface area contributed by atoms with Gasteiger partial charge < -0.3 is 9.53 Å². The third-order valence-corrected chi connectivity index (χ3v) is 4.69. The number of carbonyl (C=O) groups excluding carboxylic acids is 2. The molecule has 0 radical (unpaired) electrons. The molecule has 1 aromatic carbocycles. The van der Waals surface area contributed by atoms with E-state index in [4.69, 9.17) is 4.74 Å². The number of ether oxygens (including phenoxy) is 1. The highest BCUT2D eigenvalue weighted by Crippen LogP contribution is 2.44. The summed E-state index contributed by atoms with van der Waals surface area (Å²) in [6.45, 7) is 1.67. The van der Waals surface area contributed by atoms with Crippen molar-refractivity contribution in [1.82, 2.24) is 0 Å². The van der Waals surface area contributed by atoms with E-state index in [1.54, 1.807) is 14.0 Å². The zero-order valence-electron chi connectivity index (χ0n) is 12.2. The molecule has 0 spiro atoms. The topological polar surface area (TPSA) is 43.4 Å². The Kier molecular flexibility index (Phi) is 4.58. The third-order valence-electron chi connectivity index (χ3n) is 4.69. The van der Waals surface area contributed by atoms with Crippen molar-refractivity contribution in [2.24, 2.45) is 5.92 Å². The van der Waals surface area contributed by atoms with Gasteiger partial charge in [-0.05, 0) is 50.3 Å². The standard InChI is InChI=1S/C17H22O3/c1-13(19)14-7-9-17(10-8-14,11-12-18)15-3-5-16(20-2)6-4-15/h3-6,12,14H,7-11H2,1-2H3. The van der Waals surface area contributed by atoms with Crippen LogP contribution in [0.15, 0.2) is 24.3 Å². The van der Waals surface area contributed by atoms with E-state index in [9.17, 15) is 9.59 Å². The van der Waals surface area contributed by atoms with Gasteiger partial charge in [0.1, 0.15) is 17.8 Å². The van der Waals surface area contributed by atoms with Crippen molar-refractivity contribution in [3.05, 3.63) is 29.8 Å². The SMILES string of the molecule is COc1ccc(C2(CC=O)CCC(C(C)=O)CC2)cc1. The summed E-state index contributed by atoms with van der Waals surface area (Å²) in [4.78, 5) is 22.6.